The molecule has 1 unspecified atom stereocenters. The van der Waals surface area contributed by atoms with Crippen LogP contribution in [-0.2, 0) is 0 Å². The first-order valence-electron chi connectivity index (χ1n) is 1.94. The van der Waals surface area contributed by atoms with E-state index in [-0.39, 0.29) is 12.4 Å². The smallest absolute Gasteiger partial charge is 0.220 e. The Labute approximate surface area is 57.7 Å². The van der Waals surface area contributed by atoms with E-state index in [4.69, 9.17) is 0 Å². The zero-order chi connectivity index (χ0) is 7.49. The lowest BCUT2D eigenvalue weighted by molar-refractivity contribution is 0.0587. The number of rotatable bonds is 2. The molecule has 0 aromatic heterocycles. The van der Waals surface area contributed by atoms with Crippen LogP contribution in [0.15, 0.2) is 12.4 Å². The number of hydrogen-bond donors (Lipinski definition) is 0. The highest BCUT2D eigenvalue weighted by molar-refractivity contribution is 9.10. The van der Waals surface area contributed by atoms with Gasteiger partial charge in [-0.05, 0) is 22.0 Å². The van der Waals surface area contributed by atoms with Crippen molar-refractivity contribution in [2.45, 2.75) is 11.0 Å². The van der Waals surface area contributed by atoms with E-state index < -0.39 is 11.0 Å². The summed E-state index contributed by atoms with van der Waals surface area (Å²) < 4.78 is 42.8. The maximum Gasteiger partial charge on any atom is 0.285 e. The first-order valence-corrected chi connectivity index (χ1v) is 2.74. The van der Waals surface area contributed by atoms with Crippen LogP contribution >= 0.6 is 15.9 Å². The maximum absolute atomic E-state index is 12.1. The highest BCUT2D eigenvalue weighted by Gasteiger charge is 2.34. The Kier molecular flexibility index (Phi) is 3.17. The Bertz CT molecular complexity index is 109. The molecule has 1 atom stereocenters. The fourth-order valence-corrected chi connectivity index (χ4v) is 0.257. The van der Waals surface area contributed by atoms with Gasteiger partial charge in [-0.1, -0.05) is 0 Å². The summed E-state index contributed by atoms with van der Waals surface area (Å²) in [5, 5.41) is 0. The van der Waals surface area contributed by atoms with E-state index in [0.717, 1.165) is 0 Å². The molecule has 0 spiro atoms. The molecule has 9 heavy (non-hydrogen) atoms. The quantitative estimate of drug-likeness (QED) is 0.482. The lowest BCUT2D eigenvalue weighted by Gasteiger charge is -2.09. The zero-order valence-electron chi connectivity index (χ0n) is 4.12. The summed E-state index contributed by atoms with van der Waals surface area (Å²) in [6.45, 7) is 0. The normalized spacial score (nSPS) is 18.9. The maximum atomic E-state index is 12.1. The molecule has 0 aromatic carbocycles. The van der Waals surface area contributed by atoms with E-state index >= 15 is 0 Å². The van der Waals surface area contributed by atoms with Crippen molar-refractivity contribution >= 4 is 15.9 Å². The third-order valence-electron chi connectivity index (χ3n) is 0.576. The molecular formula is C4H3BrF4. The molecule has 5 heteroatoms. The van der Waals surface area contributed by atoms with E-state index in [9.17, 15) is 17.6 Å². The van der Waals surface area contributed by atoms with Gasteiger partial charge in [-0.15, -0.1) is 0 Å². The SMILES string of the molecule is F/C=C\C(F)(Br)C(F)F. The summed E-state index contributed by atoms with van der Waals surface area (Å²) in [6.07, 6.45) is -3.44. The molecule has 0 saturated carbocycles. The molecule has 0 nitrogen and oxygen atoms in total. The molecule has 0 saturated heterocycles. The van der Waals surface area contributed by atoms with Crippen LogP contribution in [0.2, 0.25) is 0 Å². The standard InChI is InChI=1S/C4H3BrF4/c5-4(9,1-2-6)3(7)8/h1-3H/b2-1-. The minimum absolute atomic E-state index is 0.0949. The van der Waals surface area contributed by atoms with Crippen LogP contribution in [-0.4, -0.2) is 11.0 Å². The van der Waals surface area contributed by atoms with Crippen molar-refractivity contribution in [1.29, 1.82) is 0 Å². The molecule has 0 aromatic rings. The molecule has 0 aliphatic carbocycles. The van der Waals surface area contributed by atoms with E-state index in [2.05, 4.69) is 0 Å². The van der Waals surface area contributed by atoms with Crippen LogP contribution < -0.4 is 0 Å². The van der Waals surface area contributed by atoms with Gasteiger partial charge in [0.25, 0.3) is 6.43 Å². The fourth-order valence-electron chi connectivity index (χ4n) is 0.157. The summed E-state index contributed by atoms with van der Waals surface area (Å²) in [4.78, 5) is 0. The van der Waals surface area contributed by atoms with Gasteiger partial charge in [0.2, 0.25) is 4.58 Å². The van der Waals surface area contributed by atoms with Gasteiger partial charge in [0.1, 0.15) is 0 Å². The van der Waals surface area contributed by atoms with E-state index in [0.29, 0.717) is 0 Å². The third-order valence-corrected chi connectivity index (χ3v) is 1.19. The van der Waals surface area contributed by atoms with E-state index in [1.54, 1.807) is 0 Å². The summed E-state index contributed by atoms with van der Waals surface area (Å²) >= 11 is 1.96. The molecule has 0 aliphatic rings. The summed E-state index contributed by atoms with van der Waals surface area (Å²) in [7, 11) is 0. The molecule has 0 aliphatic heterocycles. The van der Waals surface area contributed by atoms with E-state index in [1.165, 1.54) is 0 Å². The minimum Gasteiger partial charge on any atom is -0.220 e. The van der Waals surface area contributed by atoms with E-state index in [1.807, 2.05) is 15.9 Å². The molecule has 0 fully saturated rings. The predicted octanol–water partition coefficient (Wildman–Crippen LogP) is 2.80. The van der Waals surface area contributed by atoms with Crippen LogP contribution in [0.25, 0.3) is 0 Å². The van der Waals surface area contributed by atoms with Gasteiger partial charge in [-0.25, -0.2) is 17.6 Å². The Morgan fingerprint density at radius 3 is 2.00 bits per heavy atom. The second-order valence-corrected chi connectivity index (χ2v) is 2.48. The molecule has 54 valence electrons. The Hall–Kier alpha value is -0.0600. The van der Waals surface area contributed by atoms with Crippen LogP contribution in [0, 0.1) is 0 Å². The lowest BCUT2D eigenvalue weighted by atomic mass is 10.4. The first-order chi connectivity index (χ1) is 4.00. The molecule has 0 radical (unpaired) electrons. The molecule has 0 bridgehead atoms. The predicted molar refractivity (Wildman–Crippen MR) is 29.0 cm³/mol. The van der Waals surface area contributed by atoms with Crippen LogP contribution in [0.3, 0.4) is 0 Å². The van der Waals surface area contributed by atoms with Crippen molar-refractivity contribution in [1.82, 2.24) is 0 Å². The topological polar surface area (TPSA) is 0 Å². The lowest BCUT2D eigenvalue weighted by Crippen LogP contribution is -2.20. The average Bonchev–Trinajstić information content (AvgIpc) is 1.65. The van der Waals surface area contributed by atoms with Crippen LogP contribution in [0.4, 0.5) is 17.6 Å². The minimum atomic E-state index is -3.26. The van der Waals surface area contributed by atoms with Crippen molar-refractivity contribution in [3.05, 3.63) is 12.4 Å². The number of hydrogen-bond acceptors (Lipinski definition) is 0. The highest BCUT2D eigenvalue weighted by Crippen LogP contribution is 2.29. The van der Waals surface area contributed by atoms with Crippen LogP contribution in [0.1, 0.15) is 0 Å². The van der Waals surface area contributed by atoms with Gasteiger partial charge >= 0.3 is 0 Å². The Morgan fingerprint density at radius 1 is 1.44 bits per heavy atom. The van der Waals surface area contributed by atoms with Gasteiger partial charge in [0, 0.05) is 0 Å². The van der Waals surface area contributed by atoms with Gasteiger partial charge in [-0.2, -0.15) is 0 Å². The zero-order valence-corrected chi connectivity index (χ0v) is 5.71. The second-order valence-electron chi connectivity index (χ2n) is 1.27. The van der Waals surface area contributed by atoms with Crippen molar-refractivity contribution in [2.75, 3.05) is 0 Å². The molecule has 0 rings (SSSR count). The molecule has 0 heterocycles. The summed E-state index contributed by atoms with van der Waals surface area (Å²) in [5.41, 5.74) is 0. The molecule has 0 amide bonds. The van der Waals surface area contributed by atoms with Crippen molar-refractivity contribution < 1.29 is 17.6 Å². The molecular weight excluding hydrogens is 204 g/mol. The van der Waals surface area contributed by atoms with Crippen molar-refractivity contribution in [3.8, 4) is 0 Å². The van der Waals surface area contributed by atoms with Crippen molar-refractivity contribution in [3.63, 3.8) is 0 Å². The average molecular weight is 207 g/mol. The van der Waals surface area contributed by atoms with Gasteiger partial charge in [-0.3, -0.25) is 0 Å². The number of halogens is 5. The largest absolute Gasteiger partial charge is 0.285 e. The second kappa shape index (κ2) is 3.20. The Morgan fingerprint density at radius 2 is 1.89 bits per heavy atom. The Balaban J connectivity index is 4.01. The van der Waals surface area contributed by atoms with Gasteiger partial charge in [0.15, 0.2) is 0 Å². The monoisotopic (exact) mass is 206 g/mol. The highest BCUT2D eigenvalue weighted by atomic mass is 79.9. The van der Waals surface area contributed by atoms with Gasteiger partial charge < -0.3 is 0 Å². The number of allylic oxidation sites excluding steroid dienone is 1. The van der Waals surface area contributed by atoms with Crippen molar-refractivity contribution in [2.24, 2.45) is 0 Å². The molecule has 0 N–H and O–H groups in total. The van der Waals surface area contributed by atoms with Crippen LogP contribution in [0.5, 0.6) is 0 Å². The van der Waals surface area contributed by atoms with Gasteiger partial charge in [0.05, 0.1) is 6.33 Å². The fraction of sp³-hybridized carbons (Fsp3) is 0.500. The summed E-state index contributed by atoms with van der Waals surface area (Å²) in [6, 6.07) is 0. The first kappa shape index (κ1) is 8.94. The summed E-state index contributed by atoms with van der Waals surface area (Å²) in [5.74, 6) is 0. The number of alkyl halides is 4. The third kappa shape index (κ3) is 2.84.